The van der Waals surface area contributed by atoms with Crippen LogP contribution in [0.3, 0.4) is 0 Å². The fourth-order valence-corrected chi connectivity index (χ4v) is 6.29. The van der Waals surface area contributed by atoms with Crippen LogP contribution < -0.4 is 21.3 Å². The Bertz CT molecular complexity index is 1520. The zero-order valence-electron chi connectivity index (χ0n) is 26.5. The van der Waals surface area contributed by atoms with Crippen LogP contribution in [-0.2, 0) is 16.9 Å². The number of rotatable bonds is 10. The van der Waals surface area contributed by atoms with Gasteiger partial charge < -0.3 is 31.1 Å². The number of urea groups is 1. The minimum Gasteiger partial charge on any atom is -0.366 e. The second-order valence-corrected chi connectivity index (χ2v) is 12.7. The second kappa shape index (κ2) is 13.6. The average molecular weight is 613 g/mol. The van der Waals surface area contributed by atoms with E-state index in [-0.39, 0.29) is 36.0 Å². The van der Waals surface area contributed by atoms with Crippen molar-refractivity contribution in [2.45, 2.75) is 69.7 Å². The number of carbonyl (C=O) groups excluding carboxylic acids is 3. The Morgan fingerprint density at radius 2 is 1.80 bits per heavy atom. The summed E-state index contributed by atoms with van der Waals surface area (Å²) >= 11 is 0. The highest BCUT2D eigenvalue weighted by atomic mass is 16.2. The third-order valence-corrected chi connectivity index (χ3v) is 8.71. The van der Waals surface area contributed by atoms with Crippen molar-refractivity contribution in [3.8, 4) is 0 Å². The normalized spacial score (nSPS) is 19.4. The molecular weight excluding hydrogens is 568 g/mol. The first-order chi connectivity index (χ1) is 21.5. The van der Waals surface area contributed by atoms with Crippen LogP contribution >= 0.6 is 0 Å². The Morgan fingerprint density at radius 3 is 2.49 bits per heavy atom. The number of aromatic nitrogens is 2. The molecule has 2 aromatic carbocycles. The molecule has 0 saturated heterocycles. The van der Waals surface area contributed by atoms with Gasteiger partial charge in [-0.1, -0.05) is 36.9 Å². The van der Waals surface area contributed by atoms with Crippen LogP contribution in [0, 0.1) is 0 Å². The number of hydrogen-bond donors (Lipinski definition) is 5. The van der Waals surface area contributed by atoms with Crippen LogP contribution in [0.4, 0.5) is 16.3 Å². The fourth-order valence-electron chi connectivity index (χ4n) is 6.29. The van der Waals surface area contributed by atoms with Gasteiger partial charge in [0.2, 0.25) is 5.91 Å². The van der Waals surface area contributed by atoms with Crippen molar-refractivity contribution in [1.82, 2.24) is 30.6 Å². The molecule has 0 radical (unpaired) electrons. The Labute approximate surface area is 264 Å². The predicted molar refractivity (Wildman–Crippen MR) is 176 cm³/mol. The molecule has 45 heavy (non-hydrogen) atoms. The summed E-state index contributed by atoms with van der Waals surface area (Å²) in [4.78, 5) is 42.2. The summed E-state index contributed by atoms with van der Waals surface area (Å²) < 4.78 is 0. The third kappa shape index (κ3) is 7.37. The maximum atomic E-state index is 13.7. The summed E-state index contributed by atoms with van der Waals surface area (Å²) in [6.45, 7) is 8.65. The average Bonchev–Trinajstić information content (AvgIpc) is 3.54. The first-order valence-corrected chi connectivity index (χ1v) is 15.5. The van der Waals surface area contributed by atoms with Gasteiger partial charge in [0.1, 0.15) is 0 Å². The number of amides is 4. The van der Waals surface area contributed by atoms with Gasteiger partial charge >= 0.3 is 6.03 Å². The van der Waals surface area contributed by atoms with Crippen molar-refractivity contribution in [2.75, 3.05) is 31.3 Å². The van der Waals surface area contributed by atoms with Crippen molar-refractivity contribution in [3.63, 3.8) is 0 Å². The minimum absolute atomic E-state index is 0.0150. The summed E-state index contributed by atoms with van der Waals surface area (Å²) in [5, 5.41) is 20.6. The third-order valence-electron chi connectivity index (χ3n) is 8.71. The first kappa shape index (κ1) is 31.8. The number of carbonyl (C=O) groups is 3. The number of nitrogens with zero attached hydrogens (tertiary/aromatic N) is 3. The Morgan fingerprint density at radius 1 is 1.09 bits per heavy atom. The smallest absolute Gasteiger partial charge is 0.319 e. The lowest BCUT2D eigenvalue weighted by atomic mass is 9.90. The summed E-state index contributed by atoms with van der Waals surface area (Å²) in [6, 6.07) is 16.7. The van der Waals surface area contributed by atoms with Gasteiger partial charge in [-0.05, 0) is 89.5 Å². The Kier molecular flexibility index (Phi) is 9.57. The molecule has 0 spiro atoms. The molecule has 11 nitrogen and oxygen atoms in total. The molecule has 1 fully saturated rings. The molecule has 5 rings (SSSR count). The van der Waals surface area contributed by atoms with Gasteiger partial charge in [0.15, 0.2) is 5.82 Å². The van der Waals surface area contributed by atoms with Gasteiger partial charge in [-0.2, -0.15) is 5.10 Å². The number of anilines is 2. The molecule has 3 aromatic rings. The van der Waals surface area contributed by atoms with E-state index in [9.17, 15) is 14.4 Å². The van der Waals surface area contributed by atoms with Crippen LogP contribution in [0.25, 0.3) is 0 Å². The van der Waals surface area contributed by atoms with E-state index >= 15 is 0 Å². The summed E-state index contributed by atoms with van der Waals surface area (Å²) in [5.41, 5.74) is 3.55. The molecule has 1 saturated carbocycles. The minimum atomic E-state index is -0.571. The molecule has 1 aliphatic carbocycles. The second-order valence-electron chi connectivity index (χ2n) is 12.7. The largest absolute Gasteiger partial charge is 0.366 e. The van der Waals surface area contributed by atoms with Gasteiger partial charge in [0.05, 0.1) is 23.8 Å². The van der Waals surface area contributed by atoms with Crippen molar-refractivity contribution in [1.29, 1.82) is 0 Å². The maximum absolute atomic E-state index is 13.7. The molecular formula is C34H44N8O3. The van der Waals surface area contributed by atoms with Crippen LogP contribution in [0.1, 0.15) is 72.8 Å². The number of likely N-dealkylation sites (N-methyl/N-ethyl adjacent to an activating group) is 1. The van der Waals surface area contributed by atoms with Crippen LogP contribution in [-0.4, -0.2) is 70.6 Å². The van der Waals surface area contributed by atoms with Crippen molar-refractivity contribution in [2.24, 2.45) is 0 Å². The molecule has 0 bridgehead atoms. The number of fused-ring (bicyclic) bond motifs is 1. The van der Waals surface area contributed by atoms with E-state index in [2.05, 4.69) is 42.9 Å². The SMILES string of the molecule is C=CC(=O)Nc1ccc(C(=O)N[C@@H]2CCC[C@@H](Nc3n[nH]c4c3CN(C(=O)N[C@H](CN(C)C)c3ccccc3)C4(C)C)C2)cc1. The lowest BCUT2D eigenvalue weighted by molar-refractivity contribution is -0.111. The molecule has 4 amide bonds. The highest BCUT2D eigenvalue weighted by Gasteiger charge is 2.44. The summed E-state index contributed by atoms with van der Waals surface area (Å²) in [6.07, 6.45) is 4.79. The van der Waals surface area contributed by atoms with Gasteiger partial charge in [0.25, 0.3) is 5.91 Å². The molecule has 1 aromatic heterocycles. The Hall–Kier alpha value is -4.64. The van der Waals surface area contributed by atoms with Gasteiger partial charge in [0, 0.05) is 35.4 Å². The standard InChI is InChI=1S/C34H44N8O3/c1-6-29(43)35-24-17-15-23(16-18-24)32(44)37-26-14-10-13-25(19-26)36-31-27-20-42(34(2,3)30(27)39-40-31)33(45)38-28(21-41(4)5)22-11-8-7-9-12-22/h6-9,11-12,15-18,25-26,28H,1,10,13-14,19-21H2,2-5H3,(H,35,43)(H,37,44)(H,38,45)(H2,36,39,40)/t25-,26-,28-/m1/s1. The van der Waals surface area contributed by atoms with E-state index < -0.39 is 5.54 Å². The van der Waals surface area contributed by atoms with Crippen molar-refractivity contribution >= 4 is 29.4 Å². The summed E-state index contributed by atoms with van der Waals surface area (Å²) in [7, 11) is 4.00. The predicted octanol–water partition coefficient (Wildman–Crippen LogP) is 4.75. The van der Waals surface area contributed by atoms with Gasteiger partial charge in [-0.25, -0.2) is 4.79 Å². The van der Waals surface area contributed by atoms with Crippen molar-refractivity contribution < 1.29 is 14.4 Å². The molecule has 0 unspecified atom stereocenters. The zero-order valence-corrected chi connectivity index (χ0v) is 26.5. The van der Waals surface area contributed by atoms with Gasteiger partial charge in [-0.3, -0.25) is 14.7 Å². The highest BCUT2D eigenvalue weighted by molar-refractivity contribution is 5.99. The molecule has 11 heteroatoms. The molecule has 238 valence electrons. The molecule has 3 atom stereocenters. The van der Waals surface area contributed by atoms with E-state index in [4.69, 9.17) is 0 Å². The number of benzene rings is 2. The monoisotopic (exact) mass is 612 g/mol. The van der Waals surface area contributed by atoms with E-state index in [0.29, 0.717) is 24.3 Å². The molecule has 2 aliphatic rings. The quantitative estimate of drug-likeness (QED) is 0.210. The van der Waals surface area contributed by atoms with Crippen LogP contribution in [0.5, 0.6) is 0 Å². The zero-order chi connectivity index (χ0) is 32.1. The van der Waals surface area contributed by atoms with E-state index in [1.165, 1.54) is 6.08 Å². The number of H-pyrrole nitrogens is 1. The lowest BCUT2D eigenvalue weighted by Crippen LogP contribution is -2.48. The lowest BCUT2D eigenvalue weighted by Gasteiger charge is -2.34. The molecule has 2 heterocycles. The molecule has 1 aliphatic heterocycles. The van der Waals surface area contributed by atoms with Crippen LogP contribution in [0.2, 0.25) is 0 Å². The maximum Gasteiger partial charge on any atom is 0.319 e. The summed E-state index contributed by atoms with van der Waals surface area (Å²) in [5.74, 6) is 0.316. The number of aromatic amines is 1. The van der Waals surface area contributed by atoms with Gasteiger partial charge in [-0.15, -0.1) is 0 Å². The van der Waals surface area contributed by atoms with Crippen molar-refractivity contribution in [3.05, 3.63) is 89.6 Å². The topological polar surface area (TPSA) is 134 Å². The van der Waals surface area contributed by atoms with E-state index in [1.807, 2.05) is 63.2 Å². The Balaban J connectivity index is 1.20. The van der Waals surface area contributed by atoms with E-state index in [1.54, 1.807) is 24.3 Å². The van der Waals surface area contributed by atoms with Crippen LogP contribution in [0.15, 0.2) is 67.3 Å². The van der Waals surface area contributed by atoms with E-state index in [0.717, 1.165) is 48.3 Å². The highest BCUT2D eigenvalue weighted by Crippen LogP contribution is 2.41. The first-order valence-electron chi connectivity index (χ1n) is 15.5. The number of nitrogens with one attached hydrogen (secondary N) is 5. The molecule has 5 N–H and O–H groups in total. The number of hydrogen-bond acceptors (Lipinski definition) is 6. The fraction of sp³-hybridized carbons (Fsp3) is 0.412.